The van der Waals surface area contributed by atoms with Crippen LogP contribution in [0.2, 0.25) is 0 Å². The van der Waals surface area contributed by atoms with Crippen molar-refractivity contribution in [2.24, 2.45) is 5.10 Å². The molecule has 1 aromatic heterocycles. The second-order valence-corrected chi connectivity index (χ2v) is 5.83. The molecular weight excluding hydrogens is 356 g/mol. The van der Waals surface area contributed by atoms with Crippen LogP contribution in [0.4, 0.5) is 0 Å². The van der Waals surface area contributed by atoms with E-state index in [2.05, 4.69) is 26.5 Å². The summed E-state index contributed by atoms with van der Waals surface area (Å²) in [5, 5.41) is 5.87. The molecule has 0 spiro atoms. The molecule has 0 radical (unpaired) electrons. The summed E-state index contributed by atoms with van der Waals surface area (Å²) < 4.78 is 11.2. The molecule has 2 rings (SSSR count). The van der Waals surface area contributed by atoms with E-state index < -0.39 is 0 Å². The maximum atomic E-state index is 12.0. The minimum absolute atomic E-state index is 0.334. The van der Waals surface area contributed by atoms with E-state index in [0.717, 1.165) is 9.35 Å². The Hall–Kier alpha value is -1.86. The van der Waals surface area contributed by atoms with Crippen LogP contribution in [0.3, 0.4) is 0 Å². The number of hydrogen-bond donors (Lipinski definition) is 1. The van der Waals surface area contributed by atoms with Crippen LogP contribution < -0.4 is 14.9 Å². The maximum Gasteiger partial charge on any atom is 0.271 e. The zero-order valence-electron chi connectivity index (χ0n) is 11.4. The zero-order valence-corrected chi connectivity index (χ0v) is 13.8. The second kappa shape index (κ2) is 7.24. The molecule has 2 aromatic rings. The third kappa shape index (κ3) is 4.30. The van der Waals surface area contributed by atoms with Crippen LogP contribution in [0.25, 0.3) is 0 Å². The first-order valence-corrected chi connectivity index (χ1v) is 7.60. The molecule has 5 nitrogen and oxygen atoms in total. The average molecular weight is 369 g/mol. The minimum Gasteiger partial charge on any atom is -0.497 e. The van der Waals surface area contributed by atoms with Crippen molar-refractivity contribution in [3.05, 3.63) is 44.6 Å². The number of nitrogens with one attached hydrogen (secondary N) is 1. The van der Waals surface area contributed by atoms with Crippen LogP contribution in [-0.2, 0) is 0 Å². The number of hydrogen-bond acceptors (Lipinski definition) is 5. The SMILES string of the molecule is COc1cc(OC)cc(C(=O)N/N=C\c2cc(Br)cs2)c1. The van der Waals surface area contributed by atoms with Crippen molar-refractivity contribution >= 4 is 39.4 Å². The van der Waals surface area contributed by atoms with E-state index >= 15 is 0 Å². The Kier molecular flexibility index (Phi) is 5.35. The summed E-state index contributed by atoms with van der Waals surface area (Å²) >= 11 is 4.88. The largest absolute Gasteiger partial charge is 0.497 e. The normalized spacial score (nSPS) is 10.6. The van der Waals surface area contributed by atoms with Gasteiger partial charge >= 0.3 is 0 Å². The Morgan fingerprint density at radius 3 is 2.43 bits per heavy atom. The molecule has 7 heteroatoms. The predicted octanol–water partition coefficient (Wildman–Crippen LogP) is 3.29. The van der Waals surface area contributed by atoms with E-state index in [9.17, 15) is 4.79 Å². The summed E-state index contributed by atoms with van der Waals surface area (Å²) in [6.07, 6.45) is 1.59. The number of hydrazone groups is 1. The van der Waals surface area contributed by atoms with Crippen molar-refractivity contribution in [1.29, 1.82) is 0 Å². The fourth-order valence-electron chi connectivity index (χ4n) is 1.55. The van der Waals surface area contributed by atoms with Crippen LogP contribution in [-0.4, -0.2) is 26.3 Å². The molecule has 0 saturated heterocycles. The lowest BCUT2D eigenvalue weighted by molar-refractivity contribution is 0.0954. The molecule has 21 heavy (non-hydrogen) atoms. The highest BCUT2D eigenvalue weighted by Gasteiger charge is 2.09. The van der Waals surface area contributed by atoms with Gasteiger partial charge in [0, 0.05) is 26.4 Å². The molecule has 110 valence electrons. The lowest BCUT2D eigenvalue weighted by atomic mass is 10.2. The number of benzene rings is 1. The molecule has 1 heterocycles. The van der Waals surface area contributed by atoms with Crippen molar-refractivity contribution in [2.75, 3.05) is 14.2 Å². The van der Waals surface area contributed by atoms with E-state index in [1.165, 1.54) is 25.6 Å². The highest BCUT2D eigenvalue weighted by molar-refractivity contribution is 9.10. The van der Waals surface area contributed by atoms with Crippen LogP contribution in [0, 0.1) is 0 Å². The number of thiophene rings is 1. The van der Waals surface area contributed by atoms with E-state index in [1.807, 2.05) is 11.4 Å². The number of ether oxygens (including phenoxy) is 2. The number of halogens is 1. The smallest absolute Gasteiger partial charge is 0.271 e. The monoisotopic (exact) mass is 368 g/mol. The topological polar surface area (TPSA) is 59.9 Å². The highest BCUT2D eigenvalue weighted by atomic mass is 79.9. The number of rotatable bonds is 5. The molecule has 0 aliphatic rings. The predicted molar refractivity (Wildman–Crippen MR) is 86.6 cm³/mol. The standard InChI is InChI=1S/C14H13BrN2O3S/c1-19-11-3-9(4-12(6-11)20-2)14(18)17-16-7-13-5-10(15)8-21-13/h3-8H,1-2H3,(H,17,18)/b16-7-. The molecule has 0 fully saturated rings. The summed E-state index contributed by atoms with van der Waals surface area (Å²) in [7, 11) is 3.06. The number of methoxy groups -OCH3 is 2. The zero-order chi connectivity index (χ0) is 15.2. The van der Waals surface area contributed by atoms with E-state index in [-0.39, 0.29) is 5.91 Å². The summed E-state index contributed by atoms with van der Waals surface area (Å²) in [5.41, 5.74) is 2.88. The van der Waals surface area contributed by atoms with Gasteiger partial charge in [-0.25, -0.2) is 5.43 Å². The average Bonchev–Trinajstić information content (AvgIpc) is 2.92. The fourth-order valence-corrected chi connectivity index (χ4v) is 2.86. The van der Waals surface area contributed by atoms with Crippen LogP contribution in [0.1, 0.15) is 15.2 Å². The van der Waals surface area contributed by atoms with Gasteiger partial charge in [0.25, 0.3) is 5.91 Å². The lowest BCUT2D eigenvalue weighted by Gasteiger charge is -2.07. The van der Waals surface area contributed by atoms with E-state index in [4.69, 9.17) is 9.47 Å². The van der Waals surface area contributed by atoms with Crippen molar-refractivity contribution in [3.8, 4) is 11.5 Å². The van der Waals surface area contributed by atoms with Crippen LogP contribution >= 0.6 is 27.3 Å². The lowest BCUT2D eigenvalue weighted by Crippen LogP contribution is -2.17. The molecule has 1 amide bonds. The van der Waals surface area contributed by atoms with Crippen LogP contribution in [0.5, 0.6) is 11.5 Å². The molecule has 0 bridgehead atoms. The van der Waals surface area contributed by atoms with Crippen molar-refractivity contribution in [3.63, 3.8) is 0 Å². The quantitative estimate of drug-likeness (QED) is 0.650. The van der Waals surface area contributed by atoms with Gasteiger partial charge in [0.2, 0.25) is 0 Å². The van der Waals surface area contributed by atoms with Gasteiger partial charge in [-0.3, -0.25) is 4.79 Å². The highest BCUT2D eigenvalue weighted by Crippen LogP contribution is 2.22. The first-order chi connectivity index (χ1) is 10.1. The number of carbonyl (C=O) groups excluding carboxylic acids is 1. The number of amides is 1. The Balaban J connectivity index is 2.07. The Bertz CT molecular complexity index is 648. The minimum atomic E-state index is -0.334. The van der Waals surface area contributed by atoms with Gasteiger partial charge in [-0.1, -0.05) is 0 Å². The Labute approximate surface area is 134 Å². The van der Waals surface area contributed by atoms with Gasteiger partial charge in [0.15, 0.2) is 0 Å². The second-order valence-electron chi connectivity index (χ2n) is 3.97. The third-order valence-corrected chi connectivity index (χ3v) is 4.19. The molecule has 0 aliphatic heterocycles. The van der Waals surface area contributed by atoms with Crippen molar-refractivity contribution in [1.82, 2.24) is 5.43 Å². The van der Waals surface area contributed by atoms with Gasteiger partial charge in [-0.2, -0.15) is 5.10 Å². The molecule has 0 atom stereocenters. The fraction of sp³-hybridized carbons (Fsp3) is 0.143. The molecule has 1 N–H and O–H groups in total. The number of nitrogens with zero attached hydrogens (tertiary/aromatic N) is 1. The first-order valence-electron chi connectivity index (χ1n) is 5.93. The Morgan fingerprint density at radius 2 is 1.90 bits per heavy atom. The van der Waals surface area contributed by atoms with Crippen molar-refractivity contribution < 1.29 is 14.3 Å². The Morgan fingerprint density at radius 1 is 1.24 bits per heavy atom. The summed E-state index contributed by atoms with van der Waals surface area (Å²) in [6, 6.07) is 6.85. The third-order valence-electron chi connectivity index (χ3n) is 2.56. The molecule has 0 aliphatic carbocycles. The van der Waals surface area contributed by atoms with Gasteiger partial charge in [-0.05, 0) is 34.1 Å². The molecule has 1 aromatic carbocycles. The maximum absolute atomic E-state index is 12.0. The van der Waals surface area contributed by atoms with Gasteiger partial charge < -0.3 is 9.47 Å². The summed E-state index contributed by atoms with van der Waals surface area (Å²) in [6.45, 7) is 0. The van der Waals surface area contributed by atoms with E-state index in [1.54, 1.807) is 24.4 Å². The summed E-state index contributed by atoms with van der Waals surface area (Å²) in [5.74, 6) is 0.760. The van der Waals surface area contributed by atoms with E-state index in [0.29, 0.717) is 17.1 Å². The molecule has 0 unspecified atom stereocenters. The van der Waals surface area contributed by atoms with Crippen LogP contribution in [0.15, 0.2) is 39.2 Å². The van der Waals surface area contributed by atoms with Gasteiger partial charge in [-0.15, -0.1) is 11.3 Å². The first kappa shape index (κ1) is 15.5. The number of carbonyl (C=O) groups is 1. The van der Waals surface area contributed by atoms with Gasteiger partial charge in [0.05, 0.1) is 20.4 Å². The van der Waals surface area contributed by atoms with Crippen molar-refractivity contribution in [2.45, 2.75) is 0 Å². The van der Waals surface area contributed by atoms with Gasteiger partial charge in [0.1, 0.15) is 11.5 Å². The molecule has 0 saturated carbocycles. The summed E-state index contributed by atoms with van der Waals surface area (Å²) in [4.78, 5) is 13.0. The molecular formula is C14H13BrN2O3S.